The number of likely N-dealkylation sites (tertiary alicyclic amines) is 1. The van der Waals surface area contributed by atoms with Crippen molar-refractivity contribution < 1.29 is 9.53 Å². The van der Waals surface area contributed by atoms with Crippen LogP contribution < -0.4 is 5.32 Å². The topological polar surface area (TPSA) is 41.6 Å². The molecule has 1 aliphatic heterocycles. The maximum atomic E-state index is 11.8. The molecular formula is C15H30N2O2. The Kier molecular flexibility index (Phi) is 6.27. The van der Waals surface area contributed by atoms with Crippen molar-refractivity contribution in [3.05, 3.63) is 0 Å². The molecule has 0 aromatic carbocycles. The lowest BCUT2D eigenvalue weighted by atomic mass is 9.91. The fourth-order valence-electron chi connectivity index (χ4n) is 3.19. The van der Waals surface area contributed by atoms with Gasteiger partial charge in [-0.05, 0) is 51.6 Å². The third kappa shape index (κ3) is 4.77. The van der Waals surface area contributed by atoms with Crippen LogP contribution in [0.4, 0.5) is 0 Å². The van der Waals surface area contributed by atoms with E-state index in [4.69, 9.17) is 4.74 Å². The quantitative estimate of drug-likeness (QED) is 0.749. The minimum atomic E-state index is -0.554. The van der Waals surface area contributed by atoms with E-state index in [0.717, 1.165) is 31.2 Å². The van der Waals surface area contributed by atoms with E-state index in [1.54, 1.807) is 0 Å². The summed E-state index contributed by atoms with van der Waals surface area (Å²) in [5, 5.41) is 3.09. The highest BCUT2D eigenvalue weighted by Crippen LogP contribution is 2.22. The van der Waals surface area contributed by atoms with Gasteiger partial charge in [-0.2, -0.15) is 0 Å². The van der Waals surface area contributed by atoms with E-state index in [1.165, 1.54) is 26.6 Å². The highest BCUT2D eigenvalue weighted by Gasteiger charge is 2.32. The number of hydrogen-bond donors (Lipinski definition) is 1. The molecule has 1 fully saturated rings. The molecule has 0 radical (unpaired) electrons. The summed E-state index contributed by atoms with van der Waals surface area (Å²) in [6, 6.07) is 0. The molecule has 112 valence electrons. The lowest BCUT2D eigenvalue weighted by Crippen LogP contribution is -2.49. The number of nitrogens with one attached hydrogen (secondary N) is 1. The van der Waals surface area contributed by atoms with Gasteiger partial charge < -0.3 is 15.0 Å². The number of piperidine rings is 1. The summed E-state index contributed by atoms with van der Waals surface area (Å²) in [4.78, 5) is 14.3. The number of carbonyl (C=O) groups is 1. The Morgan fingerprint density at radius 1 is 1.37 bits per heavy atom. The van der Waals surface area contributed by atoms with Crippen LogP contribution in [0, 0.1) is 11.8 Å². The van der Waals surface area contributed by atoms with Gasteiger partial charge in [0.15, 0.2) is 0 Å². The van der Waals surface area contributed by atoms with Crippen LogP contribution >= 0.6 is 0 Å². The largest absolute Gasteiger partial charge is 0.468 e. The summed E-state index contributed by atoms with van der Waals surface area (Å²) < 4.78 is 4.87. The first-order valence-corrected chi connectivity index (χ1v) is 7.41. The molecule has 0 amide bonds. The summed E-state index contributed by atoms with van der Waals surface area (Å²) in [5.74, 6) is 1.41. The number of carbonyl (C=O) groups excluding carboxylic acids is 1. The first-order valence-electron chi connectivity index (χ1n) is 7.41. The lowest BCUT2D eigenvalue weighted by Gasteiger charge is -2.35. The Morgan fingerprint density at radius 2 is 1.95 bits per heavy atom. The average molecular weight is 270 g/mol. The first kappa shape index (κ1) is 16.4. The van der Waals surface area contributed by atoms with Crippen molar-refractivity contribution in [1.29, 1.82) is 0 Å². The van der Waals surface area contributed by atoms with Gasteiger partial charge in [0.2, 0.25) is 0 Å². The number of likely N-dealkylation sites (N-methyl/N-ethyl adjacent to an activating group) is 1. The minimum Gasteiger partial charge on any atom is -0.468 e. The van der Waals surface area contributed by atoms with Crippen LogP contribution in [0.1, 0.15) is 40.0 Å². The predicted molar refractivity (Wildman–Crippen MR) is 78.1 cm³/mol. The fourth-order valence-corrected chi connectivity index (χ4v) is 3.19. The van der Waals surface area contributed by atoms with Crippen molar-refractivity contribution in [3.63, 3.8) is 0 Å². The summed E-state index contributed by atoms with van der Waals surface area (Å²) in [6.45, 7) is 10.0. The third-order valence-corrected chi connectivity index (χ3v) is 4.28. The molecule has 1 rings (SSSR count). The van der Waals surface area contributed by atoms with E-state index >= 15 is 0 Å². The van der Waals surface area contributed by atoms with Crippen LogP contribution in [0.3, 0.4) is 0 Å². The molecule has 0 aromatic heterocycles. The molecule has 0 spiro atoms. The van der Waals surface area contributed by atoms with E-state index in [2.05, 4.69) is 24.1 Å². The highest BCUT2D eigenvalue weighted by molar-refractivity contribution is 5.80. The van der Waals surface area contributed by atoms with Crippen LogP contribution in [0.15, 0.2) is 0 Å². The van der Waals surface area contributed by atoms with Crippen LogP contribution in [-0.2, 0) is 9.53 Å². The van der Waals surface area contributed by atoms with Gasteiger partial charge in [-0.3, -0.25) is 4.79 Å². The second-order valence-electron chi connectivity index (χ2n) is 6.38. The van der Waals surface area contributed by atoms with Crippen molar-refractivity contribution in [2.24, 2.45) is 11.8 Å². The molecule has 1 saturated heterocycles. The van der Waals surface area contributed by atoms with Crippen molar-refractivity contribution in [3.8, 4) is 0 Å². The molecule has 0 aromatic rings. The average Bonchev–Trinajstić information content (AvgIpc) is 2.36. The molecule has 3 unspecified atom stereocenters. The summed E-state index contributed by atoms with van der Waals surface area (Å²) in [6.07, 6.45) is 3.17. The standard InChI is InChI=1S/C15H30N2O2/c1-12-9-13(2)11-17(10-12)8-6-7-15(3,16-4)14(18)19-5/h12-13,16H,6-11H2,1-5H3. The van der Waals surface area contributed by atoms with Gasteiger partial charge in [-0.15, -0.1) is 0 Å². The van der Waals surface area contributed by atoms with Gasteiger partial charge in [0.05, 0.1) is 7.11 Å². The maximum Gasteiger partial charge on any atom is 0.325 e. The predicted octanol–water partition coefficient (Wildman–Crippen LogP) is 1.90. The summed E-state index contributed by atoms with van der Waals surface area (Å²) in [5.41, 5.74) is -0.554. The van der Waals surface area contributed by atoms with Crippen molar-refractivity contribution >= 4 is 5.97 Å². The second-order valence-corrected chi connectivity index (χ2v) is 6.38. The monoisotopic (exact) mass is 270 g/mol. The van der Waals surface area contributed by atoms with Gasteiger partial charge in [0, 0.05) is 13.1 Å². The Hall–Kier alpha value is -0.610. The molecule has 1 N–H and O–H groups in total. The smallest absolute Gasteiger partial charge is 0.325 e. The maximum absolute atomic E-state index is 11.8. The molecular weight excluding hydrogens is 240 g/mol. The molecule has 4 nitrogen and oxygen atoms in total. The number of nitrogens with zero attached hydrogens (tertiary/aromatic N) is 1. The number of rotatable bonds is 6. The first-order chi connectivity index (χ1) is 8.91. The van der Waals surface area contributed by atoms with Gasteiger partial charge in [0.1, 0.15) is 5.54 Å². The van der Waals surface area contributed by atoms with E-state index in [0.29, 0.717) is 0 Å². The van der Waals surface area contributed by atoms with E-state index in [1.807, 2.05) is 14.0 Å². The molecule has 0 saturated carbocycles. The van der Waals surface area contributed by atoms with Crippen molar-refractivity contribution in [2.75, 3.05) is 33.8 Å². The van der Waals surface area contributed by atoms with Gasteiger partial charge >= 0.3 is 5.97 Å². The molecule has 3 atom stereocenters. The van der Waals surface area contributed by atoms with E-state index in [9.17, 15) is 4.79 Å². The lowest BCUT2D eigenvalue weighted by molar-refractivity contribution is -0.148. The Labute approximate surface area is 117 Å². The number of methoxy groups -OCH3 is 1. The third-order valence-electron chi connectivity index (χ3n) is 4.28. The minimum absolute atomic E-state index is 0.171. The van der Waals surface area contributed by atoms with Crippen LogP contribution in [0.25, 0.3) is 0 Å². The second kappa shape index (κ2) is 7.25. The number of esters is 1. The van der Waals surface area contributed by atoms with E-state index < -0.39 is 5.54 Å². The van der Waals surface area contributed by atoms with Crippen LogP contribution in [-0.4, -0.2) is 50.2 Å². The van der Waals surface area contributed by atoms with Gasteiger partial charge in [-0.1, -0.05) is 13.8 Å². The zero-order valence-corrected chi connectivity index (χ0v) is 13.2. The van der Waals surface area contributed by atoms with Gasteiger partial charge in [-0.25, -0.2) is 0 Å². The Balaban J connectivity index is 2.38. The number of hydrogen-bond acceptors (Lipinski definition) is 4. The SMILES string of the molecule is CNC(C)(CCCN1CC(C)CC(C)C1)C(=O)OC. The highest BCUT2D eigenvalue weighted by atomic mass is 16.5. The van der Waals surface area contributed by atoms with Crippen LogP contribution in [0.2, 0.25) is 0 Å². The zero-order chi connectivity index (χ0) is 14.5. The Morgan fingerprint density at radius 3 is 2.42 bits per heavy atom. The molecule has 19 heavy (non-hydrogen) atoms. The van der Waals surface area contributed by atoms with Crippen LogP contribution in [0.5, 0.6) is 0 Å². The van der Waals surface area contributed by atoms with Gasteiger partial charge in [0.25, 0.3) is 0 Å². The molecule has 1 heterocycles. The summed E-state index contributed by atoms with van der Waals surface area (Å²) >= 11 is 0. The molecule has 0 bridgehead atoms. The Bertz CT molecular complexity index is 286. The normalized spacial score (nSPS) is 27.8. The number of ether oxygens (including phenoxy) is 1. The molecule has 0 aliphatic carbocycles. The summed E-state index contributed by atoms with van der Waals surface area (Å²) in [7, 11) is 3.27. The van der Waals surface area contributed by atoms with Crippen molar-refractivity contribution in [1.82, 2.24) is 10.2 Å². The zero-order valence-electron chi connectivity index (χ0n) is 13.2. The molecule has 1 aliphatic rings. The van der Waals surface area contributed by atoms with E-state index in [-0.39, 0.29) is 5.97 Å². The fraction of sp³-hybridized carbons (Fsp3) is 0.933. The van der Waals surface area contributed by atoms with Crippen molar-refractivity contribution in [2.45, 2.75) is 45.6 Å². The molecule has 4 heteroatoms.